The smallest absolute Gasteiger partial charge is 0.317 e. The number of amides is 2. The first kappa shape index (κ1) is 16.1. The van der Waals surface area contributed by atoms with Crippen LogP contribution in [0.4, 0.5) is 4.79 Å². The highest BCUT2D eigenvalue weighted by Gasteiger charge is 2.23. The minimum absolute atomic E-state index is 0.0487. The molecule has 1 saturated heterocycles. The summed E-state index contributed by atoms with van der Waals surface area (Å²) in [5, 5.41) is 3.67. The number of nitrogens with two attached hydrogens (primary N) is 1. The Labute approximate surface area is 130 Å². The van der Waals surface area contributed by atoms with E-state index in [2.05, 4.69) is 5.32 Å². The average Bonchev–Trinajstić information content (AvgIpc) is 2.50. The summed E-state index contributed by atoms with van der Waals surface area (Å²) in [5.74, 6) is 0. The number of urea groups is 1. The van der Waals surface area contributed by atoms with Gasteiger partial charge in [0.05, 0.1) is 12.7 Å². The van der Waals surface area contributed by atoms with Crippen LogP contribution in [0.2, 0.25) is 5.02 Å². The van der Waals surface area contributed by atoms with Crippen LogP contribution in [0.15, 0.2) is 24.3 Å². The zero-order valence-corrected chi connectivity index (χ0v) is 12.8. The molecule has 1 heterocycles. The first-order valence-electron chi connectivity index (χ1n) is 7.28. The molecule has 1 aliphatic heterocycles. The molecule has 2 rings (SSSR count). The molecule has 6 heteroatoms. The van der Waals surface area contributed by atoms with E-state index in [-0.39, 0.29) is 12.1 Å². The van der Waals surface area contributed by atoms with Gasteiger partial charge in [-0.15, -0.1) is 0 Å². The van der Waals surface area contributed by atoms with E-state index in [1.54, 1.807) is 4.90 Å². The zero-order chi connectivity index (χ0) is 15.1. The molecule has 2 amide bonds. The van der Waals surface area contributed by atoms with Gasteiger partial charge < -0.3 is 20.7 Å². The minimum atomic E-state index is -0.0487. The predicted molar refractivity (Wildman–Crippen MR) is 83.5 cm³/mol. The quantitative estimate of drug-likeness (QED) is 0.868. The van der Waals surface area contributed by atoms with Crippen molar-refractivity contribution in [1.82, 2.24) is 10.2 Å². The van der Waals surface area contributed by atoms with Crippen molar-refractivity contribution < 1.29 is 9.53 Å². The molecule has 0 aromatic heterocycles. The van der Waals surface area contributed by atoms with Crippen molar-refractivity contribution in [3.63, 3.8) is 0 Å². The number of carbonyl (C=O) groups is 1. The maximum atomic E-state index is 12.1. The lowest BCUT2D eigenvalue weighted by molar-refractivity contribution is -0.0164. The number of rotatable bonds is 5. The largest absolute Gasteiger partial charge is 0.374 e. The van der Waals surface area contributed by atoms with Crippen molar-refractivity contribution in [2.45, 2.75) is 18.9 Å². The Morgan fingerprint density at radius 3 is 3.05 bits per heavy atom. The van der Waals surface area contributed by atoms with Gasteiger partial charge in [-0.2, -0.15) is 0 Å². The van der Waals surface area contributed by atoms with Gasteiger partial charge in [-0.3, -0.25) is 0 Å². The number of morpholine rings is 1. The summed E-state index contributed by atoms with van der Waals surface area (Å²) in [7, 11) is 0. The van der Waals surface area contributed by atoms with E-state index in [0.717, 1.165) is 23.4 Å². The molecule has 1 aromatic rings. The third kappa shape index (κ3) is 4.88. The zero-order valence-electron chi connectivity index (χ0n) is 12.1. The van der Waals surface area contributed by atoms with Crippen molar-refractivity contribution in [3.8, 4) is 0 Å². The SMILES string of the molecule is NCC[C@H]1CN(C(=O)NCCc2ccccc2Cl)CCO1. The number of nitrogens with zero attached hydrogens (tertiary/aromatic N) is 1. The van der Waals surface area contributed by atoms with Crippen LogP contribution < -0.4 is 11.1 Å². The van der Waals surface area contributed by atoms with Crippen LogP contribution in [0.1, 0.15) is 12.0 Å². The molecule has 0 aliphatic carbocycles. The third-order valence-electron chi connectivity index (χ3n) is 3.54. The molecule has 3 N–H and O–H groups in total. The molecule has 1 aromatic carbocycles. The fraction of sp³-hybridized carbons (Fsp3) is 0.533. The maximum Gasteiger partial charge on any atom is 0.317 e. The Hall–Kier alpha value is -1.30. The Morgan fingerprint density at radius 1 is 1.48 bits per heavy atom. The summed E-state index contributed by atoms with van der Waals surface area (Å²) in [5.41, 5.74) is 6.57. The second-order valence-electron chi connectivity index (χ2n) is 5.09. The van der Waals surface area contributed by atoms with Gasteiger partial charge >= 0.3 is 6.03 Å². The van der Waals surface area contributed by atoms with Gasteiger partial charge in [0, 0.05) is 24.7 Å². The van der Waals surface area contributed by atoms with Crippen LogP contribution in [-0.4, -0.2) is 49.8 Å². The highest BCUT2D eigenvalue weighted by molar-refractivity contribution is 6.31. The molecule has 1 aliphatic rings. The van der Waals surface area contributed by atoms with Crippen molar-refractivity contribution >= 4 is 17.6 Å². The van der Waals surface area contributed by atoms with Gasteiger partial charge in [0.2, 0.25) is 0 Å². The first-order chi connectivity index (χ1) is 10.2. The normalized spacial score (nSPS) is 18.6. The maximum absolute atomic E-state index is 12.1. The van der Waals surface area contributed by atoms with Crippen LogP contribution in [0.25, 0.3) is 0 Å². The summed E-state index contributed by atoms with van der Waals surface area (Å²) in [6, 6.07) is 7.63. The van der Waals surface area contributed by atoms with Crippen LogP contribution in [0.5, 0.6) is 0 Å². The lowest BCUT2D eigenvalue weighted by Gasteiger charge is -2.32. The molecule has 21 heavy (non-hydrogen) atoms. The summed E-state index contributed by atoms with van der Waals surface area (Å²) >= 11 is 6.09. The Balaban J connectivity index is 1.75. The second-order valence-corrected chi connectivity index (χ2v) is 5.50. The van der Waals surface area contributed by atoms with Gasteiger partial charge in [-0.1, -0.05) is 29.8 Å². The third-order valence-corrected chi connectivity index (χ3v) is 3.91. The van der Waals surface area contributed by atoms with E-state index in [9.17, 15) is 4.79 Å². The van der Waals surface area contributed by atoms with Crippen LogP contribution in [0, 0.1) is 0 Å². The number of carbonyl (C=O) groups excluding carboxylic acids is 1. The molecule has 5 nitrogen and oxygen atoms in total. The highest BCUT2D eigenvalue weighted by atomic mass is 35.5. The predicted octanol–water partition coefficient (Wildman–Crippen LogP) is 1.64. The molecule has 0 unspecified atom stereocenters. The van der Waals surface area contributed by atoms with E-state index < -0.39 is 0 Å². The van der Waals surface area contributed by atoms with E-state index in [0.29, 0.717) is 32.8 Å². The number of hydrogen-bond acceptors (Lipinski definition) is 3. The Bertz CT molecular complexity index is 468. The molecular weight excluding hydrogens is 290 g/mol. The summed E-state index contributed by atoms with van der Waals surface area (Å²) < 4.78 is 5.57. The van der Waals surface area contributed by atoms with Crippen LogP contribution >= 0.6 is 11.6 Å². The standard InChI is InChI=1S/C15H22ClN3O2/c16-14-4-2-1-3-12(14)6-8-18-15(20)19-9-10-21-13(11-19)5-7-17/h1-4,13H,5-11,17H2,(H,18,20)/t13-/m0/s1. The Kier molecular flexibility index (Phi) is 6.29. The molecule has 0 spiro atoms. The topological polar surface area (TPSA) is 67.6 Å². The first-order valence-corrected chi connectivity index (χ1v) is 7.66. The average molecular weight is 312 g/mol. The van der Waals surface area contributed by atoms with Gasteiger partial charge in [0.15, 0.2) is 0 Å². The summed E-state index contributed by atoms with van der Waals surface area (Å²) in [4.78, 5) is 13.9. The lowest BCUT2D eigenvalue weighted by atomic mass is 10.1. The summed E-state index contributed by atoms with van der Waals surface area (Å²) in [6.07, 6.45) is 1.56. The monoisotopic (exact) mass is 311 g/mol. The van der Waals surface area contributed by atoms with E-state index >= 15 is 0 Å². The van der Waals surface area contributed by atoms with Gasteiger partial charge in [0.1, 0.15) is 0 Å². The number of halogens is 1. The highest BCUT2D eigenvalue weighted by Crippen LogP contribution is 2.15. The van der Waals surface area contributed by atoms with Crippen LogP contribution in [0.3, 0.4) is 0 Å². The van der Waals surface area contributed by atoms with E-state index in [4.69, 9.17) is 22.1 Å². The van der Waals surface area contributed by atoms with Crippen molar-refractivity contribution in [2.24, 2.45) is 5.73 Å². The molecule has 1 fully saturated rings. The molecule has 0 radical (unpaired) electrons. The molecule has 116 valence electrons. The van der Waals surface area contributed by atoms with E-state index in [1.165, 1.54) is 0 Å². The summed E-state index contributed by atoms with van der Waals surface area (Å²) in [6.45, 7) is 2.95. The molecule has 1 atom stereocenters. The lowest BCUT2D eigenvalue weighted by Crippen LogP contribution is -2.50. The number of nitrogens with one attached hydrogen (secondary N) is 1. The fourth-order valence-corrected chi connectivity index (χ4v) is 2.61. The van der Waals surface area contributed by atoms with Gasteiger partial charge in [-0.25, -0.2) is 4.79 Å². The number of ether oxygens (including phenoxy) is 1. The fourth-order valence-electron chi connectivity index (χ4n) is 2.38. The Morgan fingerprint density at radius 2 is 2.29 bits per heavy atom. The van der Waals surface area contributed by atoms with Crippen molar-refractivity contribution in [3.05, 3.63) is 34.9 Å². The molecule has 0 saturated carbocycles. The number of benzene rings is 1. The van der Waals surface area contributed by atoms with Gasteiger partial charge in [-0.05, 0) is 31.0 Å². The molecule has 0 bridgehead atoms. The van der Waals surface area contributed by atoms with E-state index in [1.807, 2.05) is 24.3 Å². The molecular formula is C15H22ClN3O2. The van der Waals surface area contributed by atoms with Crippen molar-refractivity contribution in [2.75, 3.05) is 32.8 Å². The second kappa shape index (κ2) is 8.22. The van der Waals surface area contributed by atoms with Crippen molar-refractivity contribution in [1.29, 1.82) is 0 Å². The van der Waals surface area contributed by atoms with Crippen LogP contribution in [-0.2, 0) is 11.2 Å². The minimum Gasteiger partial charge on any atom is -0.374 e. The number of hydrogen-bond donors (Lipinski definition) is 2. The van der Waals surface area contributed by atoms with Gasteiger partial charge in [0.25, 0.3) is 0 Å².